The second-order valence-corrected chi connectivity index (χ2v) is 15.5. The average Bonchev–Trinajstić information content (AvgIpc) is 3.40. The van der Waals surface area contributed by atoms with Crippen LogP contribution in [0.25, 0.3) is 16.5 Å². The minimum Gasteiger partial charge on any atom is -0.497 e. The molecule has 0 saturated carbocycles. The number of aliphatic hydroxyl groups is 1. The fourth-order valence-electron chi connectivity index (χ4n) is 6.91. The molecule has 218 valence electrons. The van der Waals surface area contributed by atoms with Crippen LogP contribution in [-0.4, -0.2) is 49.0 Å². The molecule has 2 aliphatic rings. The molecule has 0 aliphatic carbocycles. The standard InChI is InChI=1S/C32H34FN3O5Si/c1-20-29(42(3,4)33)28(15-16-37)41-32(20)26-17-24(40-2)13-14-27(26)35(31(32)39)19-21-9-11-23(12-10-21)36-30(38)25-8-6-5-7-22(25)18-34-36/h5-14,17-18,20,28-29,37H,15-16,19H2,1-4H3/t20-,28+,29-,32+/m0/s1. The average molecular weight is 588 g/mol. The normalized spacial score (nSPS) is 23.6. The van der Waals surface area contributed by atoms with Crippen molar-refractivity contribution < 1.29 is 23.5 Å². The van der Waals surface area contributed by atoms with E-state index in [4.69, 9.17) is 9.47 Å². The quantitative estimate of drug-likeness (QED) is 0.239. The molecule has 0 unspecified atom stereocenters. The molecular formula is C32H34FN3O5Si. The van der Waals surface area contributed by atoms with E-state index in [-0.39, 0.29) is 31.0 Å². The first kappa shape index (κ1) is 28.3. The number of aliphatic hydroxyl groups excluding tert-OH is 1. The summed E-state index contributed by atoms with van der Waals surface area (Å²) in [6.45, 7) is 5.27. The number of benzene rings is 3. The first-order valence-electron chi connectivity index (χ1n) is 14.1. The fraction of sp³-hybridized carbons (Fsp3) is 0.344. The van der Waals surface area contributed by atoms with E-state index < -0.39 is 31.6 Å². The zero-order valence-electron chi connectivity index (χ0n) is 24.1. The van der Waals surface area contributed by atoms with E-state index in [2.05, 4.69) is 5.10 Å². The van der Waals surface area contributed by atoms with Crippen molar-refractivity contribution >= 4 is 30.8 Å². The first-order valence-corrected chi connectivity index (χ1v) is 17.1. The smallest absolute Gasteiger partial charge is 0.279 e. The zero-order chi connectivity index (χ0) is 29.8. The Balaban J connectivity index is 1.36. The molecule has 0 radical (unpaired) electrons. The lowest BCUT2D eigenvalue weighted by Gasteiger charge is -2.31. The Bertz CT molecular complexity index is 1720. The van der Waals surface area contributed by atoms with Crippen LogP contribution in [0.1, 0.15) is 24.5 Å². The Morgan fingerprint density at radius 3 is 2.52 bits per heavy atom. The molecule has 2 aliphatic heterocycles. The largest absolute Gasteiger partial charge is 0.497 e. The van der Waals surface area contributed by atoms with Gasteiger partial charge in [0, 0.05) is 29.0 Å². The SMILES string of the molecule is COc1ccc2c(c1)[C@@]1(O[C@H](CCO)[C@@H]([Si](C)(C)F)[C@@H]1C)C(=O)N2Cc1ccc(-n2ncc3ccccc3c2=O)cc1. The van der Waals surface area contributed by atoms with Crippen molar-refractivity contribution in [1.29, 1.82) is 0 Å². The number of carbonyl (C=O) groups excluding carboxylic acids is 1. The van der Waals surface area contributed by atoms with Gasteiger partial charge in [0.05, 0.1) is 42.7 Å². The van der Waals surface area contributed by atoms with Gasteiger partial charge in [-0.1, -0.05) is 37.3 Å². The molecular weight excluding hydrogens is 553 g/mol. The molecule has 1 N–H and O–H groups in total. The Morgan fingerprint density at radius 2 is 1.83 bits per heavy atom. The highest BCUT2D eigenvalue weighted by Crippen LogP contribution is 2.60. The predicted molar refractivity (Wildman–Crippen MR) is 161 cm³/mol. The number of fused-ring (bicyclic) bond motifs is 3. The lowest BCUT2D eigenvalue weighted by atomic mass is 9.82. The molecule has 4 aromatic rings. The maximum absolute atomic E-state index is 15.7. The van der Waals surface area contributed by atoms with Crippen LogP contribution in [0.4, 0.5) is 9.80 Å². The first-order chi connectivity index (χ1) is 20.1. The van der Waals surface area contributed by atoms with E-state index >= 15 is 4.11 Å². The summed E-state index contributed by atoms with van der Waals surface area (Å²) in [6, 6.07) is 20.1. The Kier molecular flexibility index (Phi) is 7.03. The van der Waals surface area contributed by atoms with Crippen molar-refractivity contribution in [3.05, 3.63) is 94.4 Å². The van der Waals surface area contributed by atoms with Crippen LogP contribution in [0.5, 0.6) is 5.75 Å². The Hall–Kier alpha value is -3.86. The van der Waals surface area contributed by atoms with E-state index in [0.29, 0.717) is 28.1 Å². The van der Waals surface area contributed by atoms with E-state index in [1.54, 1.807) is 43.4 Å². The molecule has 8 nitrogen and oxygen atoms in total. The topological polar surface area (TPSA) is 93.9 Å². The molecule has 10 heteroatoms. The van der Waals surface area contributed by atoms with E-state index in [1.807, 2.05) is 61.5 Å². The monoisotopic (exact) mass is 587 g/mol. The zero-order valence-corrected chi connectivity index (χ0v) is 25.1. The fourth-order valence-corrected chi connectivity index (χ4v) is 9.45. The number of hydrogen-bond acceptors (Lipinski definition) is 6. The van der Waals surface area contributed by atoms with Gasteiger partial charge in [-0.3, -0.25) is 9.59 Å². The molecule has 0 bridgehead atoms. The van der Waals surface area contributed by atoms with Gasteiger partial charge in [-0.05, 0) is 61.5 Å². The van der Waals surface area contributed by atoms with E-state index in [0.717, 1.165) is 10.9 Å². The minimum absolute atomic E-state index is 0.154. The van der Waals surface area contributed by atoms with Crippen molar-refractivity contribution in [2.75, 3.05) is 18.6 Å². The van der Waals surface area contributed by atoms with Crippen molar-refractivity contribution in [2.45, 2.75) is 50.2 Å². The third-order valence-electron chi connectivity index (χ3n) is 8.80. The molecule has 3 heterocycles. The number of halogens is 1. The lowest BCUT2D eigenvalue weighted by Crippen LogP contribution is -2.45. The summed E-state index contributed by atoms with van der Waals surface area (Å²) in [7, 11) is -1.72. The maximum Gasteiger partial charge on any atom is 0.279 e. The van der Waals surface area contributed by atoms with Gasteiger partial charge in [-0.2, -0.15) is 9.78 Å². The summed E-state index contributed by atoms with van der Waals surface area (Å²) >= 11 is 0. The third-order valence-corrected chi connectivity index (χ3v) is 11.3. The molecule has 6 rings (SSSR count). The van der Waals surface area contributed by atoms with Crippen molar-refractivity contribution in [2.24, 2.45) is 5.92 Å². The van der Waals surface area contributed by atoms with Crippen LogP contribution < -0.4 is 15.2 Å². The highest BCUT2D eigenvalue weighted by Gasteiger charge is 2.66. The highest BCUT2D eigenvalue weighted by atomic mass is 28.4. The van der Waals surface area contributed by atoms with Gasteiger partial charge < -0.3 is 23.6 Å². The molecule has 4 atom stereocenters. The number of carbonyl (C=O) groups is 1. The number of hydrogen-bond donors (Lipinski definition) is 1. The van der Waals surface area contributed by atoms with Gasteiger partial charge in [0.15, 0.2) is 5.60 Å². The van der Waals surface area contributed by atoms with Crippen LogP contribution in [-0.2, 0) is 21.7 Å². The van der Waals surface area contributed by atoms with E-state index in [9.17, 15) is 14.7 Å². The van der Waals surface area contributed by atoms with Gasteiger partial charge in [-0.15, -0.1) is 0 Å². The number of amides is 1. The molecule has 1 amide bonds. The molecule has 1 aromatic heterocycles. The van der Waals surface area contributed by atoms with Gasteiger partial charge in [0.1, 0.15) is 5.75 Å². The summed E-state index contributed by atoms with van der Waals surface area (Å²) in [5, 5.41) is 15.5. The summed E-state index contributed by atoms with van der Waals surface area (Å²) in [6.07, 6.45) is 1.35. The van der Waals surface area contributed by atoms with Gasteiger partial charge >= 0.3 is 0 Å². The van der Waals surface area contributed by atoms with Crippen molar-refractivity contribution in [1.82, 2.24) is 9.78 Å². The number of nitrogens with zero attached hydrogens (tertiary/aromatic N) is 3. The summed E-state index contributed by atoms with van der Waals surface area (Å²) < 4.78 is 29.2. The second-order valence-electron chi connectivity index (χ2n) is 11.7. The molecule has 1 saturated heterocycles. The van der Waals surface area contributed by atoms with Crippen LogP contribution in [0, 0.1) is 5.92 Å². The van der Waals surface area contributed by atoms with Gasteiger partial charge in [0.2, 0.25) is 8.41 Å². The van der Waals surface area contributed by atoms with Crippen molar-refractivity contribution in [3.8, 4) is 11.4 Å². The Labute approximate surface area is 244 Å². The van der Waals surface area contributed by atoms with Crippen LogP contribution in [0.15, 0.2) is 77.7 Å². The highest BCUT2D eigenvalue weighted by molar-refractivity contribution is 6.72. The second kappa shape index (κ2) is 10.4. The summed E-state index contributed by atoms with van der Waals surface area (Å²) in [5.41, 5.74) is 0.735. The number of aromatic nitrogens is 2. The molecule has 1 fully saturated rings. The van der Waals surface area contributed by atoms with Gasteiger partial charge in [0.25, 0.3) is 11.5 Å². The third kappa shape index (κ3) is 4.36. The van der Waals surface area contributed by atoms with Crippen LogP contribution >= 0.6 is 0 Å². The summed E-state index contributed by atoms with van der Waals surface area (Å²) in [4.78, 5) is 29.2. The number of rotatable bonds is 7. The van der Waals surface area contributed by atoms with Crippen molar-refractivity contribution in [3.63, 3.8) is 0 Å². The molecule has 1 spiro atoms. The van der Waals surface area contributed by atoms with Gasteiger partial charge in [-0.25, -0.2) is 0 Å². The number of methoxy groups -OCH3 is 1. The van der Waals surface area contributed by atoms with Crippen LogP contribution in [0.3, 0.4) is 0 Å². The number of ether oxygens (including phenoxy) is 2. The minimum atomic E-state index is -3.28. The molecule has 42 heavy (non-hydrogen) atoms. The Morgan fingerprint density at radius 1 is 1.10 bits per heavy atom. The summed E-state index contributed by atoms with van der Waals surface area (Å²) in [5.74, 6) is -0.120. The van der Waals surface area contributed by atoms with E-state index in [1.165, 1.54) is 4.68 Å². The number of anilines is 1. The lowest BCUT2D eigenvalue weighted by molar-refractivity contribution is -0.146. The van der Waals surface area contributed by atoms with Crippen LogP contribution in [0.2, 0.25) is 18.6 Å². The maximum atomic E-state index is 15.7. The molecule has 3 aromatic carbocycles. The predicted octanol–water partition coefficient (Wildman–Crippen LogP) is 5.10.